The maximum atomic E-state index is 14.7. The number of likely N-dealkylation sites (N-methyl/N-ethyl adjacent to an activating group) is 1. The van der Waals surface area contributed by atoms with Gasteiger partial charge in [-0.1, -0.05) is 57.2 Å². The fourth-order valence-corrected chi connectivity index (χ4v) is 11.4. The number of benzene rings is 2. The lowest BCUT2D eigenvalue weighted by atomic mass is 9.77. The van der Waals surface area contributed by atoms with E-state index in [0.717, 1.165) is 10.8 Å². The zero-order chi connectivity index (χ0) is 53.5. The third-order valence-electron chi connectivity index (χ3n) is 15.7. The molecule has 5 rings (SSSR count). The second-order valence-corrected chi connectivity index (χ2v) is 21.9. The number of aliphatic hydroxyl groups excluding tert-OH is 3. The number of anilines is 1. The zero-order valence-electron chi connectivity index (χ0n) is 45.1. The van der Waals surface area contributed by atoms with E-state index in [2.05, 4.69) is 11.4 Å². The number of esters is 1. The molecule has 0 unspecified atom stereocenters. The Kier molecular flexibility index (Phi) is 20.9. The molecule has 0 bridgehead atoms. The molecule has 2 amide bonds. The van der Waals surface area contributed by atoms with E-state index in [1.54, 1.807) is 53.4 Å². The van der Waals surface area contributed by atoms with Gasteiger partial charge < -0.3 is 69.1 Å². The van der Waals surface area contributed by atoms with E-state index in [-0.39, 0.29) is 62.9 Å². The average Bonchev–Trinajstić information content (AvgIpc) is 3.33. The largest absolute Gasteiger partial charge is 0.459 e. The molecule has 18 nitrogen and oxygen atoms in total. The van der Waals surface area contributed by atoms with Crippen molar-refractivity contribution >= 4 is 28.5 Å². The van der Waals surface area contributed by atoms with Crippen LogP contribution in [0.3, 0.4) is 0 Å². The number of nitrogens with one attached hydrogen (secondary N) is 1. The van der Waals surface area contributed by atoms with Crippen LogP contribution in [0.15, 0.2) is 42.5 Å². The number of aliphatic hydroxyl groups is 5. The zero-order valence-corrected chi connectivity index (χ0v) is 45.1. The molecule has 3 aliphatic heterocycles. The Labute approximate surface area is 427 Å². The standard InChI is InChI=1S/C54H87N5O13/c1-14-42-54(10,66)46(61)36(6)59(27-19-26-58(25-18-24-55)51(64)56-40-23-17-21-38-20-15-16-22-39(38)40)31-32(2)29-52(8,65)48(72-50-44(60)41(57(11)12)28-33(3)68-50)34(4)45(35(5)49(63)70-42)71-43-30-53(9,67-13)47(62)37(7)69-43/h15-17,20-23,32-37,41-48,50,60-62,65-66H,14,18-19,25-31H2,1-13H3,(H,56,64)/t32-,33-,34+,35-,36-,37+,41+,42-,43-,44-,45+,46-,47+,48-,50+,52-,53-,54-/m1/s1. The average molecular weight is 1010 g/mol. The Morgan fingerprint density at radius 1 is 0.944 bits per heavy atom. The van der Waals surface area contributed by atoms with E-state index in [1.807, 2.05) is 80.2 Å². The van der Waals surface area contributed by atoms with Crippen LogP contribution in [0.25, 0.3) is 10.8 Å². The molecular weight excluding hydrogens is 927 g/mol. The van der Waals surface area contributed by atoms with E-state index >= 15 is 0 Å². The lowest BCUT2D eigenvalue weighted by Crippen LogP contribution is -2.60. The van der Waals surface area contributed by atoms with Gasteiger partial charge in [0, 0.05) is 63.1 Å². The van der Waals surface area contributed by atoms with E-state index < -0.39 is 96.0 Å². The number of hydrogen-bond donors (Lipinski definition) is 6. The Morgan fingerprint density at radius 2 is 1.62 bits per heavy atom. The number of hydrogen-bond acceptors (Lipinski definition) is 16. The molecule has 0 radical (unpaired) electrons. The third kappa shape index (κ3) is 14.0. The number of carbonyl (C=O) groups excluding carboxylic acids is 2. The van der Waals surface area contributed by atoms with Crippen molar-refractivity contribution in [3.63, 3.8) is 0 Å². The first kappa shape index (κ1) is 59.3. The summed E-state index contributed by atoms with van der Waals surface area (Å²) in [6, 6.07) is 14.1. The molecule has 3 aliphatic rings. The van der Waals surface area contributed by atoms with E-state index in [9.17, 15) is 40.4 Å². The molecule has 3 heterocycles. The Bertz CT molecular complexity index is 2100. The summed E-state index contributed by atoms with van der Waals surface area (Å²) >= 11 is 0. The molecule has 3 saturated heterocycles. The molecule has 6 N–H and O–H groups in total. The van der Waals surface area contributed by atoms with Crippen LogP contribution in [-0.2, 0) is 33.2 Å². The fourth-order valence-electron chi connectivity index (χ4n) is 11.4. The van der Waals surface area contributed by atoms with E-state index in [4.69, 9.17) is 28.4 Å². The summed E-state index contributed by atoms with van der Waals surface area (Å²) in [6.45, 7) is 18.5. The summed E-state index contributed by atoms with van der Waals surface area (Å²) in [5.41, 5.74) is -4.10. The molecule has 0 aromatic heterocycles. The number of nitrogens with zero attached hydrogens (tertiary/aromatic N) is 4. The van der Waals surface area contributed by atoms with Gasteiger partial charge in [0.15, 0.2) is 12.6 Å². The summed E-state index contributed by atoms with van der Waals surface area (Å²) in [5, 5.41) is 74.9. The molecule has 0 aliphatic carbocycles. The van der Waals surface area contributed by atoms with Crippen LogP contribution in [0.4, 0.5) is 10.5 Å². The monoisotopic (exact) mass is 1010 g/mol. The third-order valence-corrected chi connectivity index (χ3v) is 15.7. The molecule has 18 atom stereocenters. The maximum Gasteiger partial charge on any atom is 0.321 e. The van der Waals surface area contributed by atoms with Crippen LogP contribution in [-0.4, -0.2) is 190 Å². The van der Waals surface area contributed by atoms with Gasteiger partial charge in [0.1, 0.15) is 30.0 Å². The van der Waals surface area contributed by atoms with Gasteiger partial charge in [-0.25, -0.2) is 4.79 Å². The first-order valence-corrected chi connectivity index (χ1v) is 26.0. The number of carbonyl (C=O) groups is 2. The van der Waals surface area contributed by atoms with Crippen molar-refractivity contribution in [2.45, 2.75) is 198 Å². The molecular formula is C54H87N5O13. The second kappa shape index (κ2) is 25.3. The van der Waals surface area contributed by atoms with Crippen LogP contribution in [0, 0.1) is 29.1 Å². The topological polar surface area (TPSA) is 236 Å². The van der Waals surface area contributed by atoms with Crippen molar-refractivity contribution in [3.05, 3.63) is 42.5 Å². The Balaban J connectivity index is 1.52. The second-order valence-electron chi connectivity index (χ2n) is 21.9. The normalized spacial score (nSPS) is 38.9. The molecule has 2 aromatic rings. The molecule has 18 heteroatoms. The van der Waals surface area contributed by atoms with Gasteiger partial charge in [-0.2, -0.15) is 5.26 Å². The summed E-state index contributed by atoms with van der Waals surface area (Å²) in [5.74, 6) is -3.00. The van der Waals surface area contributed by atoms with Crippen LogP contribution in [0.5, 0.6) is 0 Å². The van der Waals surface area contributed by atoms with Crippen LogP contribution in [0.1, 0.15) is 108 Å². The highest BCUT2D eigenvalue weighted by Gasteiger charge is 2.53. The predicted molar refractivity (Wildman–Crippen MR) is 273 cm³/mol. The number of urea groups is 1. The molecule has 0 saturated carbocycles. The number of amides is 2. The van der Waals surface area contributed by atoms with Gasteiger partial charge in [0.25, 0.3) is 0 Å². The van der Waals surface area contributed by atoms with Gasteiger partial charge in [0.05, 0.1) is 59.7 Å². The first-order chi connectivity index (χ1) is 33.8. The molecule has 72 heavy (non-hydrogen) atoms. The molecule has 406 valence electrons. The predicted octanol–water partition coefficient (Wildman–Crippen LogP) is 5.26. The van der Waals surface area contributed by atoms with E-state index in [1.165, 1.54) is 14.0 Å². The lowest BCUT2D eigenvalue weighted by molar-refractivity contribution is -0.318. The number of ether oxygens (including phenoxy) is 6. The van der Waals surface area contributed by atoms with Gasteiger partial charge in [0.2, 0.25) is 0 Å². The van der Waals surface area contributed by atoms with Crippen molar-refractivity contribution in [3.8, 4) is 6.07 Å². The quantitative estimate of drug-likeness (QED) is 0.132. The van der Waals surface area contributed by atoms with Crippen molar-refractivity contribution in [2.75, 3.05) is 52.7 Å². The number of nitriles is 1. The SMILES string of the molecule is CC[C@H]1OC(=O)[C@H](C)[C@@H](O[C@@H]2C[C@@](C)(OC)[C@@H](O)[C@H](C)O2)[C@H](C)[C@@H](O[C@@H]2O[C@H](C)C[C@H](N(C)C)[C@H]2O)[C@](C)(O)C[C@@H](C)CN(CCCN(CCC#N)C(=O)Nc2cccc3ccccc23)[C@H](C)[C@@H](O)[C@]1(C)O. The van der Waals surface area contributed by atoms with Crippen LogP contribution in [0.2, 0.25) is 0 Å². The Morgan fingerprint density at radius 3 is 2.28 bits per heavy atom. The van der Waals surface area contributed by atoms with E-state index in [0.29, 0.717) is 31.6 Å². The summed E-state index contributed by atoms with van der Waals surface area (Å²) in [6.07, 6.45) is -8.85. The summed E-state index contributed by atoms with van der Waals surface area (Å²) in [4.78, 5) is 34.1. The number of fused-ring (bicyclic) bond motifs is 1. The highest BCUT2D eigenvalue weighted by atomic mass is 16.7. The van der Waals surface area contributed by atoms with Crippen molar-refractivity contribution in [1.29, 1.82) is 5.26 Å². The maximum absolute atomic E-state index is 14.7. The van der Waals surface area contributed by atoms with Gasteiger partial charge in [-0.3, -0.25) is 9.69 Å². The van der Waals surface area contributed by atoms with Crippen LogP contribution >= 0.6 is 0 Å². The van der Waals surface area contributed by atoms with Gasteiger partial charge >= 0.3 is 12.0 Å². The molecule has 3 fully saturated rings. The minimum Gasteiger partial charge on any atom is -0.459 e. The number of rotatable bonds is 14. The highest BCUT2D eigenvalue weighted by molar-refractivity contribution is 6.01. The summed E-state index contributed by atoms with van der Waals surface area (Å²) < 4.78 is 38.2. The number of cyclic esters (lactones) is 1. The highest BCUT2D eigenvalue weighted by Crippen LogP contribution is 2.40. The molecule has 0 spiro atoms. The summed E-state index contributed by atoms with van der Waals surface area (Å²) in [7, 11) is 5.24. The van der Waals surface area contributed by atoms with Gasteiger partial charge in [-0.05, 0) is 106 Å². The minimum absolute atomic E-state index is 0.0859. The lowest BCUT2D eigenvalue weighted by Gasteiger charge is -2.48. The van der Waals surface area contributed by atoms with Crippen molar-refractivity contribution in [2.24, 2.45) is 17.8 Å². The Hall–Kier alpha value is -3.55. The fraction of sp³-hybridized carbons (Fsp3) is 0.759. The first-order valence-electron chi connectivity index (χ1n) is 26.0. The minimum atomic E-state index is -1.96. The van der Waals surface area contributed by atoms with Crippen LogP contribution < -0.4 is 5.32 Å². The van der Waals surface area contributed by atoms with Crippen molar-refractivity contribution in [1.82, 2.24) is 14.7 Å². The smallest absolute Gasteiger partial charge is 0.321 e. The molecule has 2 aromatic carbocycles. The number of methoxy groups -OCH3 is 1. The van der Waals surface area contributed by atoms with Crippen molar-refractivity contribution < 1.29 is 63.5 Å². The van der Waals surface area contributed by atoms with Gasteiger partial charge in [-0.15, -0.1) is 0 Å².